The molecule has 5 rings (SSSR count). The summed E-state index contributed by atoms with van der Waals surface area (Å²) in [6, 6.07) is 9.10. The number of anilines is 1. The molecule has 1 saturated heterocycles. The second kappa shape index (κ2) is 11.2. The Morgan fingerprint density at radius 1 is 1.08 bits per heavy atom. The van der Waals surface area contributed by atoms with Gasteiger partial charge < -0.3 is 10.2 Å². The number of amides is 1. The fourth-order valence-electron chi connectivity index (χ4n) is 4.48. The molecule has 39 heavy (non-hydrogen) atoms. The number of nitrogens with one attached hydrogen (secondary N) is 1. The van der Waals surface area contributed by atoms with Gasteiger partial charge in [-0.25, -0.2) is 4.98 Å². The van der Waals surface area contributed by atoms with Crippen molar-refractivity contribution in [1.82, 2.24) is 19.8 Å². The molecule has 10 heteroatoms. The molecule has 2 aliphatic rings. The summed E-state index contributed by atoms with van der Waals surface area (Å²) in [4.78, 5) is 25.9. The van der Waals surface area contributed by atoms with Gasteiger partial charge in [-0.15, -0.1) is 10.9 Å². The molecule has 1 N–H and O–H groups in total. The van der Waals surface area contributed by atoms with Crippen molar-refractivity contribution in [3.63, 3.8) is 0 Å². The van der Waals surface area contributed by atoms with Gasteiger partial charge in [0.2, 0.25) is 0 Å². The second-order valence-electron chi connectivity index (χ2n) is 9.62. The number of benzene rings is 2. The standard InChI is InChI=1S/C29H28F3N5OS/c1-20-3-4-22(17-21(20)7-15-39-16-8-26-28(39)34-10-9-33-26)27(38)35-24-6-5-23(25(18-24)29(30,31)32)19-37-13-11-36(2)12-14-37/h3-6,8-10,16-18,39H,11-14,19H2,1-2H3,(H,35,38). The molecule has 0 spiro atoms. The fraction of sp³-hybridized carbons (Fsp3) is 0.276. The van der Waals surface area contributed by atoms with Crippen molar-refractivity contribution in [2.75, 3.05) is 38.5 Å². The van der Waals surface area contributed by atoms with Crippen LogP contribution in [-0.4, -0.2) is 58.9 Å². The summed E-state index contributed by atoms with van der Waals surface area (Å²) in [5.74, 6) is 2.66. The van der Waals surface area contributed by atoms with Gasteiger partial charge in [0.15, 0.2) is 0 Å². The van der Waals surface area contributed by atoms with Crippen LogP contribution in [0.3, 0.4) is 0 Å². The Bertz CT molecular complexity index is 1490. The average Bonchev–Trinajstić information content (AvgIpc) is 3.33. The molecule has 0 radical (unpaired) electrons. The molecule has 0 aliphatic carbocycles. The second-order valence-corrected chi connectivity index (χ2v) is 11.3. The third-order valence-corrected chi connectivity index (χ3v) is 8.39. The van der Waals surface area contributed by atoms with Crippen LogP contribution in [0.5, 0.6) is 0 Å². The van der Waals surface area contributed by atoms with Crippen LogP contribution in [0.4, 0.5) is 18.9 Å². The van der Waals surface area contributed by atoms with Gasteiger partial charge in [-0.05, 0) is 66.1 Å². The molecule has 2 aromatic carbocycles. The summed E-state index contributed by atoms with van der Waals surface area (Å²) in [6.45, 7) is 5.17. The van der Waals surface area contributed by atoms with Gasteiger partial charge in [0.05, 0.1) is 11.3 Å². The Labute approximate surface area is 228 Å². The Morgan fingerprint density at radius 2 is 1.85 bits per heavy atom. The summed E-state index contributed by atoms with van der Waals surface area (Å²) >= 11 is 0. The summed E-state index contributed by atoms with van der Waals surface area (Å²) in [5.41, 5.74) is 2.26. The van der Waals surface area contributed by atoms with Gasteiger partial charge in [0.25, 0.3) is 5.91 Å². The highest BCUT2D eigenvalue weighted by atomic mass is 32.2. The largest absolute Gasteiger partial charge is 0.416 e. The number of carbonyl (C=O) groups excluding carboxylic acids is 1. The number of nitrogens with zero attached hydrogens (tertiary/aromatic N) is 4. The van der Waals surface area contributed by atoms with Crippen LogP contribution >= 0.6 is 10.9 Å². The minimum Gasteiger partial charge on any atom is -0.322 e. The van der Waals surface area contributed by atoms with Crippen LogP contribution in [-0.2, 0) is 12.7 Å². The van der Waals surface area contributed by atoms with E-state index in [0.29, 0.717) is 24.2 Å². The molecule has 0 bridgehead atoms. The molecular formula is C29H28F3N5OS. The number of hydrogen-bond donors (Lipinski definition) is 2. The Morgan fingerprint density at radius 3 is 2.62 bits per heavy atom. The number of hydrogen-bond acceptors (Lipinski definition) is 5. The third kappa shape index (κ3) is 6.33. The van der Waals surface area contributed by atoms with E-state index in [1.54, 1.807) is 30.6 Å². The van der Waals surface area contributed by atoms with Crippen LogP contribution in [0.15, 0.2) is 59.2 Å². The molecule has 6 nitrogen and oxygen atoms in total. The SMILES string of the molecule is Cc1ccc(C(=O)Nc2ccc(CN3CCN(C)CC3)c(C(F)(F)F)c2)cc1C#C[SH]1C=Cc2nccnc21. The number of piperazine rings is 1. The van der Waals surface area contributed by atoms with Gasteiger partial charge in [0, 0.05) is 61.9 Å². The molecule has 2 aliphatic heterocycles. The normalized spacial score (nSPS) is 18.3. The summed E-state index contributed by atoms with van der Waals surface area (Å²) in [6.07, 6.45) is 0.655. The third-order valence-electron chi connectivity index (χ3n) is 6.79. The molecule has 3 heterocycles. The van der Waals surface area contributed by atoms with E-state index in [0.717, 1.165) is 35.4 Å². The van der Waals surface area contributed by atoms with Crippen LogP contribution < -0.4 is 5.32 Å². The number of aromatic nitrogens is 2. The van der Waals surface area contributed by atoms with Crippen molar-refractivity contribution in [3.05, 3.63) is 87.7 Å². The molecule has 202 valence electrons. The summed E-state index contributed by atoms with van der Waals surface area (Å²) in [7, 11) is 1.08. The van der Waals surface area contributed by atoms with Gasteiger partial charge >= 0.3 is 6.18 Å². The van der Waals surface area contributed by atoms with E-state index in [-0.39, 0.29) is 17.8 Å². The number of fused-ring (bicyclic) bond motifs is 1. The summed E-state index contributed by atoms with van der Waals surface area (Å²) in [5, 5.41) is 8.71. The van der Waals surface area contributed by atoms with E-state index in [1.807, 2.05) is 30.4 Å². The van der Waals surface area contributed by atoms with Gasteiger partial charge in [-0.1, -0.05) is 18.1 Å². The lowest BCUT2D eigenvalue weighted by Crippen LogP contribution is -2.44. The topological polar surface area (TPSA) is 61.4 Å². The Kier molecular flexibility index (Phi) is 7.75. The van der Waals surface area contributed by atoms with Crippen molar-refractivity contribution in [2.45, 2.75) is 24.7 Å². The first-order chi connectivity index (χ1) is 18.7. The van der Waals surface area contributed by atoms with Crippen molar-refractivity contribution >= 4 is 28.6 Å². The first kappa shape index (κ1) is 26.9. The summed E-state index contributed by atoms with van der Waals surface area (Å²) < 4.78 is 41.8. The highest BCUT2D eigenvalue weighted by Gasteiger charge is 2.34. The number of aryl methyl sites for hydroxylation is 1. The van der Waals surface area contributed by atoms with E-state index in [2.05, 4.69) is 31.4 Å². The Balaban J connectivity index is 1.33. The van der Waals surface area contributed by atoms with Crippen LogP contribution in [0.1, 0.15) is 38.3 Å². The smallest absolute Gasteiger partial charge is 0.322 e. The minimum atomic E-state index is -4.53. The lowest BCUT2D eigenvalue weighted by Gasteiger charge is -2.33. The lowest BCUT2D eigenvalue weighted by molar-refractivity contribution is -0.138. The molecule has 1 atom stereocenters. The van der Waals surface area contributed by atoms with Crippen LogP contribution in [0.2, 0.25) is 0 Å². The monoisotopic (exact) mass is 551 g/mol. The van der Waals surface area contributed by atoms with Crippen molar-refractivity contribution in [3.8, 4) is 11.2 Å². The zero-order valence-corrected chi connectivity index (χ0v) is 22.5. The molecular weight excluding hydrogens is 523 g/mol. The first-order valence-corrected chi connectivity index (χ1v) is 13.9. The zero-order valence-electron chi connectivity index (χ0n) is 21.6. The van der Waals surface area contributed by atoms with Crippen molar-refractivity contribution in [1.29, 1.82) is 0 Å². The number of carbonyl (C=O) groups is 1. The van der Waals surface area contributed by atoms with Crippen LogP contribution in [0, 0.1) is 18.1 Å². The molecule has 0 saturated carbocycles. The van der Waals surface area contributed by atoms with E-state index in [1.165, 1.54) is 12.1 Å². The Hall–Kier alpha value is -3.65. The molecule has 3 aromatic rings. The fourth-order valence-corrected chi connectivity index (χ4v) is 5.90. The first-order valence-electron chi connectivity index (χ1n) is 12.5. The quantitative estimate of drug-likeness (QED) is 0.347. The predicted octanol–water partition coefficient (Wildman–Crippen LogP) is 5.16. The average molecular weight is 552 g/mol. The zero-order chi connectivity index (χ0) is 27.6. The number of alkyl halides is 3. The maximum Gasteiger partial charge on any atom is 0.416 e. The van der Waals surface area contributed by atoms with Gasteiger partial charge in [0.1, 0.15) is 5.03 Å². The van der Waals surface area contributed by atoms with E-state index in [4.69, 9.17) is 0 Å². The van der Waals surface area contributed by atoms with Crippen molar-refractivity contribution in [2.24, 2.45) is 0 Å². The molecule has 1 unspecified atom stereocenters. The molecule has 1 aromatic heterocycles. The number of rotatable bonds is 4. The number of likely N-dealkylation sites (N-methyl/N-ethyl adjacent to an activating group) is 1. The number of thiol groups is 1. The minimum absolute atomic E-state index is 0.0948. The maximum atomic E-state index is 13.9. The van der Waals surface area contributed by atoms with Crippen LogP contribution in [0.25, 0.3) is 6.08 Å². The highest BCUT2D eigenvalue weighted by molar-refractivity contribution is 8.24. The maximum absolute atomic E-state index is 13.9. The predicted molar refractivity (Wildman–Crippen MR) is 149 cm³/mol. The molecule has 1 fully saturated rings. The van der Waals surface area contributed by atoms with E-state index < -0.39 is 28.5 Å². The van der Waals surface area contributed by atoms with Gasteiger partial charge in [-0.2, -0.15) is 13.2 Å². The highest BCUT2D eigenvalue weighted by Crippen LogP contribution is 2.42. The number of halogens is 3. The van der Waals surface area contributed by atoms with Crippen molar-refractivity contribution < 1.29 is 18.0 Å². The molecule has 1 amide bonds. The lowest BCUT2D eigenvalue weighted by atomic mass is 10.0. The van der Waals surface area contributed by atoms with E-state index >= 15 is 0 Å². The van der Waals surface area contributed by atoms with E-state index in [9.17, 15) is 18.0 Å². The van der Waals surface area contributed by atoms with Gasteiger partial charge in [-0.3, -0.25) is 14.7 Å².